The summed E-state index contributed by atoms with van der Waals surface area (Å²) in [6, 6.07) is 11.7. The maximum Gasteiger partial charge on any atom is 0.257 e. The van der Waals surface area contributed by atoms with Crippen molar-refractivity contribution in [3.05, 3.63) is 65.7 Å². The number of hydrogen-bond donors (Lipinski definition) is 2. The number of thiocarbonyl (C=S) groups is 1. The highest BCUT2D eigenvalue weighted by atomic mass is 32.1. The second kappa shape index (κ2) is 6.21. The Labute approximate surface area is 119 Å². The minimum absolute atomic E-state index is 0.00450. The first kappa shape index (κ1) is 14.1. The minimum atomic E-state index is -0.993. The Morgan fingerprint density at radius 2 is 1.70 bits per heavy atom. The Bertz CT molecular complexity index is 647. The summed E-state index contributed by atoms with van der Waals surface area (Å²) in [5, 5.41) is 5.05. The predicted molar refractivity (Wildman–Crippen MR) is 76.5 cm³/mol. The minimum Gasteiger partial charge on any atom is -0.332 e. The van der Waals surface area contributed by atoms with Crippen LogP contribution in [0, 0.1) is 11.6 Å². The van der Waals surface area contributed by atoms with Crippen LogP contribution in [0.4, 0.5) is 14.5 Å². The van der Waals surface area contributed by atoms with Gasteiger partial charge in [0.25, 0.3) is 5.91 Å². The van der Waals surface area contributed by atoms with E-state index in [0.29, 0.717) is 5.56 Å². The first-order valence-corrected chi connectivity index (χ1v) is 6.09. The van der Waals surface area contributed by atoms with Crippen LogP contribution in [0.1, 0.15) is 10.4 Å². The van der Waals surface area contributed by atoms with Gasteiger partial charge in [0.1, 0.15) is 0 Å². The van der Waals surface area contributed by atoms with Gasteiger partial charge in [-0.05, 0) is 36.5 Å². The number of hydrogen-bond acceptors (Lipinski definition) is 2. The number of carbonyl (C=O) groups excluding carboxylic acids is 1. The van der Waals surface area contributed by atoms with E-state index in [4.69, 9.17) is 12.2 Å². The van der Waals surface area contributed by atoms with Crippen LogP contribution in [0.3, 0.4) is 0 Å². The zero-order valence-electron chi connectivity index (χ0n) is 10.2. The lowest BCUT2D eigenvalue weighted by Crippen LogP contribution is -2.34. The van der Waals surface area contributed by atoms with Crippen molar-refractivity contribution >= 4 is 28.9 Å². The van der Waals surface area contributed by atoms with Gasteiger partial charge in [-0.1, -0.05) is 18.2 Å². The lowest BCUT2D eigenvalue weighted by Gasteiger charge is -2.09. The highest BCUT2D eigenvalue weighted by molar-refractivity contribution is 7.80. The van der Waals surface area contributed by atoms with Crippen LogP contribution in [0.2, 0.25) is 0 Å². The summed E-state index contributed by atoms with van der Waals surface area (Å²) in [7, 11) is 0. The Morgan fingerprint density at radius 1 is 1.00 bits per heavy atom. The molecule has 0 aromatic heterocycles. The molecule has 0 fully saturated rings. The molecule has 0 aliphatic heterocycles. The number of amides is 1. The number of rotatable bonds is 2. The van der Waals surface area contributed by atoms with Gasteiger partial charge in [-0.2, -0.15) is 0 Å². The average molecular weight is 292 g/mol. The van der Waals surface area contributed by atoms with Crippen molar-refractivity contribution in [2.45, 2.75) is 0 Å². The molecule has 0 aliphatic carbocycles. The van der Waals surface area contributed by atoms with Crippen molar-refractivity contribution in [3.63, 3.8) is 0 Å². The molecule has 2 rings (SSSR count). The van der Waals surface area contributed by atoms with E-state index in [1.807, 2.05) is 0 Å². The largest absolute Gasteiger partial charge is 0.332 e. The molecular weight excluding hydrogens is 282 g/mol. The molecule has 6 heteroatoms. The van der Waals surface area contributed by atoms with E-state index < -0.39 is 11.6 Å². The molecule has 2 aromatic carbocycles. The third kappa shape index (κ3) is 3.58. The molecular formula is C14H10F2N2OS. The monoisotopic (exact) mass is 292 g/mol. The number of halogens is 2. The Balaban J connectivity index is 1.99. The fourth-order valence-electron chi connectivity index (χ4n) is 1.50. The molecule has 0 saturated heterocycles. The topological polar surface area (TPSA) is 41.1 Å². The Kier molecular flexibility index (Phi) is 4.37. The molecule has 0 radical (unpaired) electrons. The zero-order valence-corrected chi connectivity index (χ0v) is 11.0. The van der Waals surface area contributed by atoms with Crippen LogP contribution in [0.25, 0.3) is 0 Å². The van der Waals surface area contributed by atoms with E-state index in [0.717, 1.165) is 12.1 Å². The fraction of sp³-hybridized carbons (Fsp3) is 0. The predicted octanol–water partition coefficient (Wildman–Crippen LogP) is 3.09. The molecule has 0 aliphatic rings. The highest BCUT2D eigenvalue weighted by Gasteiger charge is 2.08. The second-order valence-corrected chi connectivity index (χ2v) is 4.31. The van der Waals surface area contributed by atoms with Crippen molar-refractivity contribution < 1.29 is 13.6 Å². The third-order valence-electron chi connectivity index (χ3n) is 2.44. The van der Waals surface area contributed by atoms with Gasteiger partial charge in [0.15, 0.2) is 16.7 Å². The van der Waals surface area contributed by atoms with Crippen LogP contribution < -0.4 is 10.6 Å². The molecule has 0 spiro atoms. The zero-order chi connectivity index (χ0) is 14.5. The summed E-state index contributed by atoms with van der Waals surface area (Å²) in [6.07, 6.45) is 0. The molecule has 102 valence electrons. The summed E-state index contributed by atoms with van der Waals surface area (Å²) in [6.45, 7) is 0. The van der Waals surface area contributed by atoms with Crippen molar-refractivity contribution in [3.8, 4) is 0 Å². The van der Waals surface area contributed by atoms with E-state index in [1.54, 1.807) is 30.3 Å². The van der Waals surface area contributed by atoms with Crippen LogP contribution in [-0.2, 0) is 0 Å². The summed E-state index contributed by atoms with van der Waals surface area (Å²) in [4.78, 5) is 11.8. The number of anilines is 1. The number of carbonyl (C=O) groups is 1. The number of benzene rings is 2. The number of nitrogens with one attached hydrogen (secondary N) is 2. The molecule has 0 saturated carbocycles. The van der Waals surface area contributed by atoms with Crippen molar-refractivity contribution in [1.82, 2.24) is 5.32 Å². The standard InChI is InChI=1S/C14H10F2N2OS/c15-11-7-6-10(8-12(11)16)17-14(20)18-13(19)9-4-2-1-3-5-9/h1-8H,(H2,17,18,19,20). The molecule has 2 aromatic rings. The van der Waals surface area contributed by atoms with Crippen LogP contribution in [0.15, 0.2) is 48.5 Å². The maximum absolute atomic E-state index is 13.0. The molecule has 0 unspecified atom stereocenters. The Morgan fingerprint density at radius 3 is 2.35 bits per heavy atom. The summed E-state index contributed by atoms with van der Waals surface area (Å²) < 4.78 is 25.8. The molecule has 0 atom stereocenters. The smallest absolute Gasteiger partial charge is 0.257 e. The van der Waals surface area contributed by atoms with Gasteiger partial charge >= 0.3 is 0 Å². The molecule has 1 amide bonds. The summed E-state index contributed by atoms with van der Waals surface area (Å²) in [5.41, 5.74) is 0.698. The van der Waals surface area contributed by atoms with Crippen LogP contribution in [-0.4, -0.2) is 11.0 Å². The molecule has 0 heterocycles. The van der Waals surface area contributed by atoms with Gasteiger partial charge < -0.3 is 5.32 Å². The normalized spacial score (nSPS) is 9.90. The lowest BCUT2D eigenvalue weighted by molar-refractivity contribution is 0.0977. The summed E-state index contributed by atoms with van der Waals surface area (Å²) in [5.74, 6) is -2.33. The van der Waals surface area contributed by atoms with Crippen LogP contribution in [0.5, 0.6) is 0 Å². The van der Waals surface area contributed by atoms with Crippen molar-refractivity contribution in [2.24, 2.45) is 0 Å². The lowest BCUT2D eigenvalue weighted by atomic mass is 10.2. The van der Waals surface area contributed by atoms with E-state index in [2.05, 4.69) is 10.6 Å². The van der Waals surface area contributed by atoms with Crippen molar-refractivity contribution in [2.75, 3.05) is 5.32 Å². The average Bonchev–Trinajstić information content (AvgIpc) is 2.44. The second-order valence-electron chi connectivity index (χ2n) is 3.90. The summed E-state index contributed by atoms with van der Waals surface area (Å²) >= 11 is 4.93. The maximum atomic E-state index is 13.0. The van der Waals surface area contributed by atoms with Gasteiger partial charge in [0, 0.05) is 17.3 Å². The molecule has 2 N–H and O–H groups in total. The van der Waals surface area contributed by atoms with E-state index in [9.17, 15) is 13.6 Å². The third-order valence-corrected chi connectivity index (χ3v) is 2.64. The van der Waals surface area contributed by atoms with Gasteiger partial charge in [-0.3, -0.25) is 10.1 Å². The van der Waals surface area contributed by atoms with E-state index in [1.165, 1.54) is 6.07 Å². The van der Waals surface area contributed by atoms with Crippen molar-refractivity contribution in [1.29, 1.82) is 0 Å². The fourth-order valence-corrected chi connectivity index (χ4v) is 1.71. The quantitative estimate of drug-likeness (QED) is 0.836. The van der Waals surface area contributed by atoms with Gasteiger partial charge in [-0.25, -0.2) is 8.78 Å². The van der Waals surface area contributed by atoms with Gasteiger partial charge in [0.05, 0.1) is 0 Å². The van der Waals surface area contributed by atoms with Gasteiger partial charge in [-0.15, -0.1) is 0 Å². The first-order chi connectivity index (χ1) is 9.56. The van der Waals surface area contributed by atoms with E-state index in [-0.39, 0.29) is 16.7 Å². The SMILES string of the molecule is O=C(NC(=S)Nc1ccc(F)c(F)c1)c1ccccc1. The molecule has 3 nitrogen and oxygen atoms in total. The van der Waals surface area contributed by atoms with E-state index >= 15 is 0 Å². The van der Waals surface area contributed by atoms with Gasteiger partial charge in [0.2, 0.25) is 0 Å². The molecule has 0 bridgehead atoms. The highest BCUT2D eigenvalue weighted by Crippen LogP contribution is 2.12. The Hall–Kier alpha value is -2.34. The van der Waals surface area contributed by atoms with Crippen LogP contribution >= 0.6 is 12.2 Å². The molecule has 20 heavy (non-hydrogen) atoms. The first-order valence-electron chi connectivity index (χ1n) is 5.68.